The van der Waals surface area contributed by atoms with Gasteiger partial charge in [-0.15, -0.1) is 0 Å². The van der Waals surface area contributed by atoms with Crippen LogP contribution in [0.25, 0.3) is 0 Å². The lowest BCUT2D eigenvalue weighted by Crippen LogP contribution is -2.41. The summed E-state index contributed by atoms with van der Waals surface area (Å²) in [5.74, 6) is 0.696. The van der Waals surface area contributed by atoms with Crippen molar-refractivity contribution >= 4 is 17.7 Å². The summed E-state index contributed by atoms with van der Waals surface area (Å²) in [5, 5.41) is 3.34. The van der Waals surface area contributed by atoms with Crippen LogP contribution in [-0.2, 0) is 4.79 Å². The third-order valence-electron chi connectivity index (χ3n) is 4.17. The Morgan fingerprint density at radius 3 is 2.59 bits per heavy atom. The standard InChI is InChI=1S/C13H24N2OS/c1-10(2)11-12(16)15(9-14-11)8-13(17-3)6-4-5-7-13/h10-11,14H,4-9H2,1-3H3. The third kappa shape index (κ3) is 2.63. The predicted molar refractivity (Wildman–Crippen MR) is 73.1 cm³/mol. The van der Waals surface area contributed by atoms with E-state index in [0.29, 0.717) is 16.6 Å². The molecule has 1 N–H and O–H groups in total. The molecule has 1 saturated carbocycles. The molecule has 0 aromatic heterocycles. The minimum atomic E-state index is 0.0373. The van der Waals surface area contributed by atoms with E-state index in [2.05, 4.69) is 25.4 Å². The number of hydrogen-bond donors (Lipinski definition) is 1. The Labute approximate surface area is 109 Å². The van der Waals surface area contributed by atoms with Crippen LogP contribution in [0.5, 0.6) is 0 Å². The van der Waals surface area contributed by atoms with Gasteiger partial charge in [-0.05, 0) is 25.0 Å². The number of carbonyl (C=O) groups excluding carboxylic acids is 1. The molecule has 2 aliphatic rings. The third-order valence-corrected chi connectivity index (χ3v) is 5.58. The van der Waals surface area contributed by atoms with Crippen LogP contribution in [0, 0.1) is 5.92 Å². The molecule has 0 bridgehead atoms. The van der Waals surface area contributed by atoms with E-state index in [1.165, 1.54) is 25.7 Å². The highest BCUT2D eigenvalue weighted by atomic mass is 32.2. The Balaban J connectivity index is 1.98. The summed E-state index contributed by atoms with van der Waals surface area (Å²) < 4.78 is 0.337. The molecule has 2 fully saturated rings. The highest BCUT2D eigenvalue weighted by molar-refractivity contribution is 8.00. The lowest BCUT2D eigenvalue weighted by atomic mass is 10.0. The first-order valence-corrected chi connectivity index (χ1v) is 7.88. The van der Waals surface area contributed by atoms with Crippen LogP contribution in [0.4, 0.5) is 0 Å². The van der Waals surface area contributed by atoms with E-state index < -0.39 is 0 Å². The van der Waals surface area contributed by atoms with Gasteiger partial charge in [0.2, 0.25) is 5.91 Å². The molecular formula is C13H24N2OS. The largest absolute Gasteiger partial charge is 0.327 e. The zero-order valence-corrected chi connectivity index (χ0v) is 12.0. The monoisotopic (exact) mass is 256 g/mol. The maximum absolute atomic E-state index is 12.2. The van der Waals surface area contributed by atoms with Crippen LogP contribution in [0.1, 0.15) is 39.5 Å². The van der Waals surface area contributed by atoms with Gasteiger partial charge in [0.1, 0.15) is 0 Å². The second kappa shape index (κ2) is 5.19. The van der Waals surface area contributed by atoms with E-state index in [1.807, 2.05) is 16.7 Å². The SMILES string of the molecule is CSC1(CN2CNC(C(C)C)C2=O)CCCC1. The number of thioether (sulfide) groups is 1. The Kier molecular flexibility index (Phi) is 4.03. The van der Waals surface area contributed by atoms with Gasteiger partial charge in [0, 0.05) is 11.3 Å². The molecule has 98 valence electrons. The van der Waals surface area contributed by atoms with Crippen molar-refractivity contribution in [1.82, 2.24) is 10.2 Å². The maximum atomic E-state index is 12.2. The Morgan fingerprint density at radius 1 is 1.47 bits per heavy atom. The fourth-order valence-electron chi connectivity index (χ4n) is 3.02. The number of rotatable bonds is 4. The molecule has 0 spiro atoms. The number of carbonyl (C=O) groups is 1. The molecule has 4 heteroatoms. The van der Waals surface area contributed by atoms with Gasteiger partial charge in [0.05, 0.1) is 12.7 Å². The highest BCUT2D eigenvalue weighted by Gasteiger charge is 2.40. The highest BCUT2D eigenvalue weighted by Crippen LogP contribution is 2.41. The van der Waals surface area contributed by atoms with E-state index >= 15 is 0 Å². The van der Waals surface area contributed by atoms with Crippen molar-refractivity contribution in [2.75, 3.05) is 19.5 Å². The second-order valence-electron chi connectivity index (χ2n) is 5.71. The number of nitrogens with one attached hydrogen (secondary N) is 1. The van der Waals surface area contributed by atoms with Gasteiger partial charge in [-0.1, -0.05) is 26.7 Å². The first-order valence-electron chi connectivity index (χ1n) is 6.65. The van der Waals surface area contributed by atoms with Gasteiger partial charge in [0.25, 0.3) is 0 Å². The van der Waals surface area contributed by atoms with Gasteiger partial charge in [-0.2, -0.15) is 11.8 Å². The van der Waals surface area contributed by atoms with Crippen LogP contribution in [0.3, 0.4) is 0 Å². The van der Waals surface area contributed by atoms with E-state index in [0.717, 1.165) is 13.2 Å². The molecule has 1 heterocycles. The van der Waals surface area contributed by atoms with Crippen LogP contribution in [0.15, 0.2) is 0 Å². The van der Waals surface area contributed by atoms with Crippen LogP contribution < -0.4 is 5.32 Å². The molecule has 1 saturated heterocycles. The Hall–Kier alpha value is -0.220. The molecule has 2 rings (SSSR count). The molecular weight excluding hydrogens is 232 g/mol. The van der Waals surface area contributed by atoms with Crippen molar-refractivity contribution in [3.63, 3.8) is 0 Å². The number of amides is 1. The van der Waals surface area contributed by atoms with Gasteiger partial charge in [-0.25, -0.2) is 0 Å². The predicted octanol–water partition coefficient (Wildman–Crippen LogP) is 2.08. The topological polar surface area (TPSA) is 32.3 Å². The quantitative estimate of drug-likeness (QED) is 0.836. The summed E-state index contributed by atoms with van der Waals surface area (Å²) >= 11 is 1.96. The van der Waals surface area contributed by atoms with Gasteiger partial charge in [0.15, 0.2) is 0 Å². The molecule has 17 heavy (non-hydrogen) atoms. The van der Waals surface area contributed by atoms with E-state index in [9.17, 15) is 4.79 Å². The molecule has 0 radical (unpaired) electrons. The van der Waals surface area contributed by atoms with Crippen LogP contribution in [-0.4, -0.2) is 41.1 Å². The normalized spacial score (nSPS) is 28.4. The summed E-state index contributed by atoms with van der Waals surface area (Å²) in [7, 11) is 0. The molecule has 0 aromatic rings. The average molecular weight is 256 g/mol. The van der Waals surface area contributed by atoms with Crippen molar-refractivity contribution < 1.29 is 4.79 Å². The van der Waals surface area contributed by atoms with Gasteiger partial charge < -0.3 is 4.90 Å². The van der Waals surface area contributed by atoms with Crippen molar-refractivity contribution in [1.29, 1.82) is 0 Å². The summed E-state index contributed by atoms with van der Waals surface area (Å²) in [6, 6.07) is 0.0373. The van der Waals surface area contributed by atoms with Crippen LogP contribution >= 0.6 is 11.8 Å². The second-order valence-corrected chi connectivity index (χ2v) is 6.99. The number of hydrogen-bond acceptors (Lipinski definition) is 3. The number of nitrogens with zero attached hydrogens (tertiary/aromatic N) is 1. The van der Waals surface area contributed by atoms with Crippen molar-refractivity contribution in [2.24, 2.45) is 5.92 Å². The van der Waals surface area contributed by atoms with Gasteiger partial charge >= 0.3 is 0 Å². The zero-order chi connectivity index (χ0) is 12.5. The molecule has 1 unspecified atom stereocenters. The first kappa shape index (κ1) is 13.2. The van der Waals surface area contributed by atoms with Crippen molar-refractivity contribution in [2.45, 2.75) is 50.3 Å². The lowest BCUT2D eigenvalue weighted by molar-refractivity contribution is -0.130. The molecule has 1 atom stereocenters. The fraction of sp³-hybridized carbons (Fsp3) is 0.923. The summed E-state index contributed by atoms with van der Waals surface area (Å²) in [5.41, 5.74) is 0. The summed E-state index contributed by atoms with van der Waals surface area (Å²) in [6.07, 6.45) is 7.38. The molecule has 3 nitrogen and oxygen atoms in total. The molecule has 1 aliphatic heterocycles. The average Bonchev–Trinajstić information content (AvgIpc) is 2.89. The maximum Gasteiger partial charge on any atom is 0.241 e. The molecule has 0 aromatic carbocycles. The van der Waals surface area contributed by atoms with E-state index in [1.54, 1.807) is 0 Å². The van der Waals surface area contributed by atoms with Crippen molar-refractivity contribution in [3.05, 3.63) is 0 Å². The zero-order valence-electron chi connectivity index (χ0n) is 11.2. The fourth-order valence-corrected chi connectivity index (χ4v) is 4.00. The minimum absolute atomic E-state index is 0.0373. The van der Waals surface area contributed by atoms with Crippen molar-refractivity contribution in [3.8, 4) is 0 Å². The van der Waals surface area contributed by atoms with Gasteiger partial charge in [-0.3, -0.25) is 10.1 Å². The van der Waals surface area contributed by atoms with E-state index in [-0.39, 0.29) is 6.04 Å². The lowest BCUT2D eigenvalue weighted by Gasteiger charge is -2.31. The first-order chi connectivity index (χ1) is 8.08. The molecule has 1 amide bonds. The van der Waals surface area contributed by atoms with Crippen LogP contribution in [0.2, 0.25) is 0 Å². The smallest absolute Gasteiger partial charge is 0.241 e. The molecule has 1 aliphatic carbocycles. The Morgan fingerprint density at radius 2 is 2.12 bits per heavy atom. The minimum Gasteiger partial charge on any atom is -0.327 e. The Bertz CT molecular complexity index is 287. The summed E-state index contributed by atoms with van der Waals surface area (Å²) in [4.78, 5) is 14.3. The summed E-state index contributed by atoms with van der Waals surface area (Å²) in [6.45, 7) is 5.89. The van der Waals surface area contributed by atoms with E-state index in [4.69, 9.17) is 0 Å².